The minimum atomic E-state index is -4.94. The van der Waals surface area contributed by atoms with Gasteiger partial charge in [-0.05, 0) is 122 Å². The summed E-state index contributed by atoms with van der Waals surface area (Å²) < 4.78 is 61.2. The van der Waals surface area contributed by atoms with E-state index >= 15 is 0 Å². The Balaban J connectivity index is 4.42. The summed E-state index contributed by atoms with van der Waals surface area (Å²) in [5, 5.41) is 20.7. The molecule has 0 aromatic rings. The molecule has 0 radical (unpaired) electrons. The number of aliphatic hydroxyl groups excluding tert-OH is 2. The third kappa shape index (κ3) is 82.2. The van der Waals surface area contributed by atoms with Crippen molar-refractivity contribution in [2.75, 3.05) is 39.6 Å². The zero-order valence-corrected chi connectivity index (χ0v) is 69.1. The molecule has 0 aliphatic rings. The molecule has 4 N–H and O–H groups in total. The highest BCUT2D eigenvalue weighted by atomic mass is 31.2. The fourth-order valence-electron chi connectivity index (χ4n) is 11.2. The van der Waals surface area contributed by atoms with Crippen molar-refractivity contribution in [2.45, 2.75) is 360 Å². The topological polar surface area (TPSA) is 231 Å². The Morgan fingerprint density at radius 1 is 0.271 bits per heavy atom. The lowest BCUT2D eigenvalue weighted by Crippen LogP contribution is -2.30. The molecule has 0 rings (SSSR count). The molecule has 0 amide bonds. The summed E-state index contributed by atoms with van der Waals surface area (Å²) in [5.41, 5.74) is 0. The van der Waals surface area contributed by atoms with Gasteiger partial charge in [0.1, 0.15) is 25.4 Å². The average molecular weight is 1540 g/mol. The van der Waals surface area contributed by atoms with E-state index < -0.39 is 91.5 Å². The Morgan fingerprint density at radius 3 is 0.785 bits per heavy atom. The number of ether oxygens (including phenoxy) is 3. The van der Waals surface area contributed by atoms with Gasteiger partial charge in [0.25, 0.3) is 0 Å². The van der Waals surface area contributed by atoms with Gasteiger partial charge in [-0.3, -0.25) is 32.5 Å². The van der Waals surface area contributed by atoms with Crippen molar-refractivity contribution in [1.29, 1.82) is 0 Å². The van der Waals surface area contributed by atoms with Gasteiger partial charge in [0.05, 0.1) is 26.4 Å². The predicted octanol–water partition coefficient (Wildman–Crippen LogP) is 25.2. The van der Waals surface area contributed by atoms with E-state index in [1.54, 1.807) is 0 Å². The average Bonchev–Trinajstić information content (AvgIpc) is 0.909. The zero-order valence-electron chi connectivity index (χ0n) is 67.3. The lowest BCUT2D eigenvalue weighted by molar-refractivity contribution is -0.161. The number of aliphatic hydroxyl groups is 2. The minimum absolute atomic E-state index is 0.0992. The summed E-state index contributed by atoms with van der Waals surface area (Å²) in [6.45, 7) is 2.45. The van der Waals surface area contributed by atoms with E-state index in [4.69, 9.17) is 32.3 Å². The Bertz CT molecular complexity index is 2530. The standard InChI is InChI=1S/C89H152O16P2/c1-4-7-10-13-16-19-22-25-27-29-31-33-35-36-37-38-39-40-41-42-43-44-45-46-48-50-51-53-55-58-60-63-66-69-72-75-87(92)99-78-84(90)79-101-106(95,96)102-80-85(91)81-103-107(97,98)104-83-86(105-89(94)77-74-71-68-65-62-57-24-21-18-15-12-9-6-3)82-100-88(93)76-73-70-67-64-61-59-56-54-52-49-47-34-32-30-28-26-23-20-17-14-11-8-5-2/h7-8,10-11,16-17,19-20,25-28,31-34,36-37,39-40,49,52,56,59,84-86,90-91H,4-6,9,12-15,18,21-24,29-30,35,38,41-48,50-51,53-55,57-58,60-83H2,1-3H3,(H,95,96)(H,97,98)/b10-7-,11-8-,19-16-,20-17-,27-25-,28-26-,33-31-,34-32-,37-36-,40-39-,52-49-,59-56-. The first-order chi connectivity index (χ1) is 52.2. The molecule has 0 aliphatic heterocycles. The lowest BCUT2D eigenvalue weighted by atomic mass is 10.0. The van der Waals surface area contributed by atoms with Gasteiger partial charge < -0.3 is 34.2 Å². The van der Waals surface area contributed by atoms with Crippen molar-refractivity contribution in [3.63, 3.8) is 0 Å². The number of hydrogen-bond donors (Lipinski definition) is 4. The Morgan fingerprint density at radius 2 is 0.495 bits per heavy atom. The van der Waals surface area contributed by atoms with Gasteiger partial charge in [0.15, 0.2) is 6.10 Å². The van der Waals surface area contributed by atoms with Crippen molar-refractivity contribution < 1.29 is 75.8 Å². The monoisotopic (exact) mass is 1540 g/mol. The summed E-state index contributed by atoms with van der Waals surface area (Å²) in [6.07, 6.45) is 101. The first-order valence-electron chi connectivity index (χ1n) is 42.1. The molecule has 0 heterocycles. The van der Waals surface area contributed by atoms with E-state index in [0.29, 0.717) is 19.3 Å². The van der Waals surface area contributed by atoms with Crippen LogP contribution in [0.4, 0.5) is 0 Å². The summed E-state index contributed by atoms with van der Waals surface area (Å²) in [7, 11) is -9.80. The molecule has 0 fully saturated rings. The van der Waals surface area contributed by atoms with Crippen LogP contribution in [0.1, 0.15) is 342 Å². The van der Waals surface area contributed by atoms with E-state index in [1.807, 2.05) is 0 Å². The zero-order chi connectivity index (χ0) is 78.0. The molecular weight excluding hydrogens is 1390 g/mol. The Hall–Kier alpha value is -4.57. The van der Waals surface area contributed by atoms with Crippen LogP contribution in [0.5, 0.6) is 0 Å². The SMILES string of the molecule is CC/C=C\C/C=C\C/C=C\C/C=C\C/C=C\C/C=C\CCCCCCCCCCCCCCCCCCC(=O)OCC(O)COP(=O)(O)OCC(O)COP(=O)(O)OCC(COC(=O)CCCCCC/C=C\C/C=C\C/C=C\C/C=C\C/C=C\C/C=C\CC)OC(=O)CCCCCCCCCCCCCCC. The number of unbranched alkanes of at least 4 members (excludes halogenated alkanes) is 32. The quantitative estimate of drug-likeness (QED) is 0.0146. The van der Waals surface area contributed by atoms with E-state index in [9.17, 15) is 43.5 Å². The second-order valence-electron chi connectivity index (χ2n) is 27.9. The second-order valence-corrected chi connectivity index (χ2v) is 30.8. The number of carbonyl (C=O) groups is 3. The van der Waals surface area contributed by atoms with Crippen LogP contribution in [-0.4, -0.2) is 95.9 Å². The molecule has 0 saturated heterocycles. The largest absolute Gasteiger partial charge is 0.472 e. The number of carbonyl (C=O) groups excluding carboxylic acids is 3. The molecule has 5 unspecified atom stereocenters. The van der Waals surface area contributed by atoms with Crippen LogP contribution in [0.15, 0.2) is 146 Å². The third-order valence-corrected chi connectivity index (χ3v) is 19.5. The van der Waals surface area contributed by atoms with Crippen molar-refractivity contribution >= 4 is 33.6 Å². The summed E-state index contributed by atoms with van der Waals surface area (Å²) in [4.78, 5) is 58.7. The van der Waals surface area contributed by atoms with Crippen LogP contribution >= 0.6 is 15.6 Å². The van der Waals surface area contributed by atoms with Gasteiger partial charge in [-0.15, -0.1) is 0 Å². The number of esters is 3. The van der Waals surface area contributed by atoms with Gasteiger partial charge in [-0.1, -0.05) is 346 Å². The number of phosphoric ester groups is 2. The Kier molecular flexibility index (Phi) is 77.5. The van der Waals surface area contributed by atoms with Crippen LogP contribution in [0.25, 0.3) is 0 Å². The summed E-state index contributed by atoms with van der Waals surface area (Å²) >= 11 is 0. The molecule has 0 bridgehead atoms. The lowest BCUT2D eigenvalue weighted by Gasteiger charge is -2.21. The maximum absolute atomic E-state index is 13.0. The first kappa shape index (κ1) is 102. The molecule has 0 aliphatic carbocycles. The maximum Gasteiger partial charge on any atom is 0.472 e. The molecule has 18 heteroatoms. The van der Waals surface area contributed by atoms with Gasteiger partial charge >= 0.3 is 33.6 Å². The van der Waals surface area contributed by atoms with E-state index in [0.717, 1.165) is 148 Å². The predicted molar refractivity (Wildman–Crippen MR) is 445 cm³/mol. The highest BCUT2D eigenvalue weighted by molar-refractivity contribution is 7.47. The molecule has 5 atom stereocenters. The van der Waals surface area contributed by atoms with E-state index in [1.165, 1.54) is 135 Å². The van der Waals surface area contributed by atoms with Crippen LogP contribution in [0.2, 0.25) is 0 Å². The number of phosphoric acid groups is 2. The van der Waals surface area contributed by atoms with E-state index in [2.05, 4.69) is 167 Å². The normalized spacial score (nSPS) is 14.6. The van der Waals surface area contributed by atoms with Crippen LogP contribution < -0.4 is 0 Å². The second kappa shape index (κ2) is 80.9. The van der Waals surface area contributed by atoms with Crippen molar-refractivity contribution in [1.82, 2.24) is 0 Å². The molecular formula is C89H152O16P2. The number of allylic oxidation sites excluding steroid dienone is 24. The third-order valence-electron chi connectivity index (χ3n) is 17.6. The van der Waals surface area contributed by atoms with Crippen molar-refractivity contribution in [3.8, 4) is 0 Å². The molecule has 16 nitrogen and oxygen atoms in total. The van der Waals surface area contributed by atoms with Gasteiger partial charge in [-0.2, -0.15) is 0 Å². The Labute approximate surface area is 651 Å². The highest BCUT2D eigenvalue weighted by Crippen LogP contribution is 2.45. The van der Waals surface area contributed by atoms with Crippen LogP contribution in [0, 0.1) is 0 Å². The van der Waals surface area contributed by atoms with Crippen LogP contribution in [-0.2, 0) is 55.8 Å². The van der Waals surface area contributed by atoms with Gasteiger partial charge in [-0.25, -0.2) is 9.13 Å². The minimum Gasteiger partial charge on any atom is -0.463 e. The maximum atomic E-state index is 13.0. The fraction of sp³-hybridized carbons (Fsp3) is 0.697. The summed E-state index contributed by atoms with van der Waals surface area (Å²) in [6, 6.07) is 0. The summed E-state index contributed by atoms with van der Waals surface area (Å²) in [5.74, 6) is -1.60. The van der Waals surface area contributed by atoms with Crippen LogP contribution in [0.3, 0.4) is 0 Å². The van der Waals surface area contributed by atoms with Crippen molar-refractivity contribution in [3.05, 3.63) is 146 Å². The molecule has 107 heavy (non-hydrogen) atoms. The smallest absolute Gasteiger partial charge is 0.463 e. The molecule has 0 aromatic heterocycles. The molecule has 0 spiro atoms. The number of hydrogen-bond acceptors (Lipinski definition) is 14. The van der Waals surface area contributed by atoms with Crippen molar-refractivity contribution in [2.24, 2.45) is 0 Å². The van der Waals surface area contributed by atoms with Gasteiger partial charge in [0.2, 0.25) is 0 Å². The molecule has 614 valence electrons. The van der Waals surface area contributed by atoms with Gasteiger partial charge in [0, 0.05) is 19.3 Å². The highest BCUT2D eigenvalue weighted by Gasteiger charge is 2.29. The van der Waals surface area contributed by atoms with E-state index in [-0.39, 0.29) is 19.3 Å². The molecule has 0 aromatic carbocycles. The first-order valence-corrected chi connectivity index (χ1v) is 45.1. The fourth-order valence-corrected chi connectivity index (χ4v) is 12.8. The number of rotatable bonds is 79. The molecule has 0 saturated carbocycles.